The van der Waals surface area contributed by atoms with Gasteiger partial charge in [-0.05, 0) is 24.3 Å². The number of hydrogen-bond donors (Lipinski definition) is 2. The van der Waals surface area contributed by atoms with Gasteiger partial charge < -0.3 is 11.1 Å². The molecule has 1 aromatic heterocycles. The van der Waals surface area contributed by atoms with E-state index in [0.29, 0.717) is 12.8 Å². The topological polar surface area (TPSA) is 101 Å². The van der Waals surface area contributed by atoms with Crippen LogP contribution in [-0.4, -0.2) is 41.1 Å². The van der Waals surface area contributed by atoms with Crippen LogP contribution >= 0.6 is 11.3 Å². The van der Waals surface area contributed by atoms with Crippen molar-refractivity contribution in [2.24, 2.45) is 11.7 Å². The summed E-state index contributed by atoms with van der Waals surface area (Å²) in [6, 6.07) is 8.42. The lowest BCUT2D eigenvalue weighted by atomic mass is 10.0. The van der Waals surface area contributed by atoms with E-state index < -0.39 is 29.2 Å². The second-order valence-corrected chi connectivity index (χ2v) is 8.51. The Morgan fingerprint density at radius 1 is 1.22 bits per heavy atom. The van der Waals surface area contributed by atoms with Gasteiger partial charge in [0.2, 0.25) is 16.0 Å². The molecule has 0 saturated carbocycles. The Kier molecular flexibility index (Phi) is 8.90. The first-order valence-corrected chi connectivity index (χ1v) is 10.8. The van der Waals surface area contributed by atoms with Gasteiger partial charge in [0.1, 0.15) is 0 Å². The van der Waals surface area contributed by atoms with Crippen LogP contribution in [0.1, 0.15) is 30.8 Å². The van der Waals surface area contributed by atoms with Crippen LogP contribution < -0.4 is 16.0 Å². The van der Waals surface area contributed by atoms with Crippen molar-refractivity contribution in [1.82, 2.24) is 15.5 Å². The van der Waals surface area contributed by atoms with Crippen molar-refractivity contribution in [3.05, 3.63) is 53.1 Å². The van der Waals surface area contributed by atoms with Crippen LogP contribution in [0.25, 0.3) is 0 Å². The Hall–Kier alpha value is -2.79. The van der Waals surface area contributed by atoms with Crippen LogP contribution in [0.2, 0.25) is 0 Å². The quantitative estimate of drug-likeness (QED) is 0.550. The third-order valence-electron chi connectivity index (χ3n) is 4.68. The number of aryl methyl sites for hydroxylation is 1. The lowest BCUT2D eigenvalue weighted by molar-refractivity contribution is -0.138. The summed E-state index contributed by atoms with van der Waals surface area (Å²) in [5.41, 5.74) is 6.98. The Labute approximate surface area is 188 Å². The molecule has 2 amide bonds. The highest BCUT2D eigenvalue weighted by molar-refractivity contribution is 7.15. The summed E-state index contributed by atoms with van der Waals surface area (Å²) >= 11 is 0.274. The van der Waals surface area contributed by atoms with Gasteiger partial charge in [-0.3, -0.25) is 14.5 Å². The van der Waals surface area contributed by atoms with Crippen LogP contribution in [0, 0.1) is 5.92 Å². The first-order chi connectivity index (χ1) is 15.0. The van der Waals surface area contributed by atoms with Crippen molar-refractivity contribution in [3.8, 4) is 0 Å². The maximum Gasteiger partial charge on any atom is 0.445 e. The number of nitrogens with one attached hydrogen (secondary N) is 1. The molecule has 2 aromatic rings. The van der Waals surface area contributed by atoms with E-state index in [0.717, 1.165) is 10.5 Å². The number of halogens is 3. The van der Waals surface area contributed by atoms with E-state index in [1.807, 2.05) is 44.2 Å². The number of likely N-dealkylation sites (N-methyl/N-ethyl adjacent to an activating group) is 1. The van der Waals surface area contributed by atoms with Gasteiger partial charge in [0.15, 0.2) is 0 Å². The van der Waals surface area contributed by atoms with Crippen molar-refractivity contribution in [3.63, 3.8) is 0 Å². The number of carbonyl (C=O) groups excluding carboxylic acids is 2. The normalized spacial score (nSPS) is 13.9. The summed E-state index contributed by atoms with van der Waals surface area (Å²) in [5, 5.41) is 8.03. The van der Waals surface area contributed by atoms with Gasteiger partial charge in [0, 0.05) is 19.2 Å². The molecule has 7 nitrogen and oxygen atoms in total. The second-order valence-electron chi connectivity index (χ2n) is 7.55. The minimum atomic E-state index is -4.63. The van der Waals surface area contributed by atoms with Crippen molar-refractivity contribution in [2.75, 3.05) is 11.9 Å². The third kappa shape index (κ3) is 7.41. The molecule has 0 aliphatic rings. The van der Waals surface area contributed by atoms with Gasteiger partial charge in [-0.25, -0.2) is 0 Å². The van der Waals surface area contributed by atoms with Crippen molar-refractivity contribution in [1.29, 1.82) is 0 Å². The van der Waals surface area contributed by atoms with E-state index in [9.17, 15) is 22.8 Å². The average Bonchev–Trinajstić information content (AvgIpc) is 3.25. The minimum Gasteiger partial charge on any atom is -0.349 e. The molecular formula is C21H26F3N5O2S. The summed E-state index contributed by atoms with van der Waals surface area (Å²) in [4.78, 5) is 25.9. The number of benzene rings is 1. The summed E-state index contributed by atoms with van der Waals surface area (Å²) in [5.74, 6) is -1.01. The fourth-order valence-corrected chi connectivity index (χ4v) is 3.31. The standard InChI is InChI=1S/C21H26F3N5O2S/c1-13(2)17(25)18(31)26-15(10-9-14-7-5-4-6-8-14)11-12-16(30)29(3)20-28-27-19(32-20)21(22,23)24/h4-8,11-13,15,17H,9-10,25H2,1-3H3,(H,26,31)/t15?,17-/m0/s1. The number of rotatable bonds is 9. The van der Waals surface area contributed by atoms with Gasteiger partial charge in [0.25, 0.3) is 5.91 Å². The molecule has 0 aliphatic carbocycles. The van der Waals surface area contributed by atoms with E-state index in [1.165, 1.54) is 19.2 Å². The summed E-state index contributed by atoms with van der Waals surface area (Å²) in [7, 11) is 1.31. The van der Waals surface area contributed by atoms with Crippen LogP contribution in [-0.2, 0) is 22.2 Å². The molecule has 1 aromatic carbocycles. The van der Waals surface area contributed by atoms with Crippen molar-refractivity contribution < 1.29 is 22.8 Å². The predicted octanol–water partition coefficient (Wildman–Crippen LogP) is 3.18. The smallest absolute Gasteiger partial charge is 0.349 e. The van der Waals surface area contributed by atoms with Gasteiger partial charge in [-0.1, -0.05) is 61.6 Å². The predicted molar refractivity (Wildman–Crippen MR) is 117 cm³/mol. The number of amides is 2. The monoisotopic (exact) mass is 469 g/mol. The van der Waals surface area contributed by atoms with E-state index in [-0.39, 0.29) is 28.3 Å². The number of alkyl halides is 3. The number of anilines is 1. The highest BCUT2D eigenvalue weighted by Crippen LogP contribution is 2.34. The molecule has 2 atom stereocenters. The zero-order valence-electron chi connectivity index (χ0n) is 18.0. The van der Waals surface area contributed by atoms with E-state index in [4.69, 9.17) is 5.73 Å². The zero-order valence-corrected chi connectivity index (χ0v) is 18.8. The van der Waals surface area contributed by atoms with Crippen LogP contribution in [0.3, 0.4) is 0 Å². The molecule has 1 unspecified atom stereocenters. The van der Waals surface area contributed by atoms with Gasteiger partial charge in [-0.15, -0.1) is 10.2 Å². The average molecular weight is 470 g/mol. The SMILES string of the molecule is CC(C)[C@H](N)C(=O)NC(C=CC(=O)N(C)c1nnc(C(F)(F)F)s1)CCc1ccccc1. The summed E-state index contributed by atoms with van der Waals surface area (Å²) < 4.78 is 38.2. The zero-order chi connectivity index (χ0) is 23.9. The molecule has 11 heteroatoms. The molecule has 32 heavy (non-hydrogen) atoms. The van der Waals surface area contributed by atoms with E-state index in [2.05, 4.69) is 15.5 Å². The molecule has 3 N–H and O–H groups in total. The summed E-state index contributed by atoms with van der Waals surface area (Å²) in [6.07, 6.45) is -0.769. The largest absolute Gasteiger partial charge is 0.445 e. The van der Waals surface area contributed by atoms with Crippen molar-refractivity contribution in [2.45, 2.75) is 44.9 Å². The van der Waals surface area contributed by atoms with Gasteiger partial charge in [-0.2, -0.15) is 13.2 Å². The fraction of sp³-hybridized carbons (Fsp3) is 0.429. The lowest BCUT2D eigenvalue weighted by Gasteiger charge is -2.20. The van der Waals surface area contributed by atoms with Crippen LogP contribution in [0.5, 0.6) is 0 Å². The molecule has 0 fully saturated rings. The molecule has 0 bridgehead atoms. The Balaban J connectivity index is 2.10. The highest BCUT2D eigenvalue weighted by Gasteiger charge is 2.36. The molecule has 2 rings (SSSR count). The van der Waals surface area contributed by atoms with Crippen molar-refractivity contribution >= 4 is 28.3 Å². The number of nitrogens with zero attached hydrogens (tertiary/aromatic N) is 3. The first-order valence-electron chi connectivity index (χ1n) is 9.95. The fourth-order valence-electron chi connectivity index (χ4n) is 2.64. The number of carbonyl (C=O) groups is 2. The first kappa shape index (κ1) is 25.5. The second kappa shape index (κ2) is 11.2. The number of aromatic nitrogens is 2. The molecule has 1 heterocycles. The maximum absolute atomic E-state index is 12.7. The van der Waals surface area contributed by atoms with Gasteiger partial charge in [0.05, 0.1) is 6.04 Å². The highest BCUT2D eigenvalue weighted by atomic mass is 32.1. The molecule has 0 aliphatic heterocycles. The third-order valence-corrected chi connectivity index (χ3v) is 5.73. The van der Waals surface area contributed by atoms with E-state index in [1.54, 1.807) is 0 Å². The number of nitrogens with two attached hydrogens (primary N) is 1. The molecule has 0 spiro atoms. The molecule has 0 radical (unpaired) electrons. The molecule has 174 valence electrons. The summed E-state index contributed by atoms with van der Waals surface area (Å²) in [6.45, 7) is 3.66. The Morgan fingerprint density at radius 2 is 1.88 bits per heavy atom. The van der Waals surface area contributed by atoms with Gasteiger partial charge >= 0.3 is 6.18 Å². The van der Waals surface area contributed by atoms with E-state index >= 15 is 0 Å². The maximum atomic E-state index is 12.7. The molecule has 0 saturated heterocycles. The lowest BCUT2D eigenvalue weighted by Crippen LogP contribution is -2.47. The van der Waals surface area contributed by atoms with Crippen LogP contribution in [0.15, 0.2) is 42.5 Å². The van der Waals surface area contributed by atoms with Crippen LogP contribution in [0.4, 0.5) is 18.3 Å². The molecular weight excluding hydrogens is 443 g/mol. The minimum absolute atomic E-state index is 0.0678. The number of hydrogen-bond acceptors (Lipinski definition) is 6. The Morgan fingerprint density at radius 3 is 2.44 bits per heavy atom. The Bertz CT molecular complexity index is 931.